The summed E-state index contributed by atoms with van der Waals surface area (Å²) in [7, 11) is -3.50. The Morgan fingerprint density at radius 2 is 1.67 bits per heavy atom. The fourth-order valence-corrected chi connectivity index (χ4v) is 4.50. The first-order valence-electron chi connectivity index (χ1n) is 9.45. The van der Waals surface area contributed by atoms with E-state index in [1.54, 1.807) is 56.3 Å². The Kier molecular flexibility index (Phi) is 6.69. The van der Waals surface area contributed by atoms with Crippen molar-refractivity contribution in [1.82, 2.24) is 10.0 Å². The molecule has 0 bridgehead atoms. The van der Waals surface area contributed by atoms with Gasteiger partial charge in [0.1, 0.15) is 11.6 Å². The number of hydrogen-bond donors (Lipinski definition) is 2. The summed E-state index contributed by atoms with van der Waals surface area (Å²) in [5.41, 5.74) is 1.54. The van der Waals surface area contributed by atoms with E-state index in [4.69, 9.17) is 4.42 Å². The largest absolute Gasteiger partial charge is 0.451 e. The second kappa shape index (κ2) is 9.23. The summed E-state index contributed by atoms with van der Waals surface area (Å²) in [5.74, 6) is -0.807. The number of halogens is 1. The van der Waals surface area contributed by atoms with E-state index in [9.17, 15) is 17.6 Å². The zero-order valence-corrected chi connectivity index (χ0v) is 17.5. The van der Waals surface area contributed by atoms with Crippen LogP contribution in [0.15, 0.2) is 65.1 Å². The molecular weight excluding hydrogens is 407 g/mol. The molecule has 0 atom stereocenters. The minimum Gasteiger partial charge on any atom is -0.451 e. The molecule has 0 spiro atoms. The van der Waals surface area contributed by atoms with Crippen molar-refractivity contribution in [3.8, 4) is 11.3 Å². The van der Waals surface area contributed by atoms with Crippen LogP contribution in [0.2, 0.25) is 0 Å². The van der Waals surface area contributed by atoms with Gasteiger partial charge >= 0.3 is 0 Å². The number of carbonyl (C=O) groups excluding carboxylic acids is 1. The lowest BCUT2D eigenvalue weighted by molar-refractivity contribution is 0.0924. The van der Waals surface area contributed by atoms with Crippen LogP contribution in [0.25, 0.3) is 11.3 Å². The van der Waals surface area contributed by atoms with Crippen molar-refractivity contribution in [2.45, 2.75) is 32.2 Å². The van der Waals surface area contributed by atoms with Gasteiger partial charge in [-0.15, -0.1) is 0 Å². The SMILES string of the molecule is CC(C)NS(=O)(=O)Cc1ccccc1CNC(=O)c1ccc(-c2ccccc2F)o1. The van der Waals surface area contributed by atoms with E-state index in [0.717, 1.165) is 0 Å². The summed E-state index contributed by atoms with van der Waals surface area (Å²) in [6.07, 6.45) is 0. The molecule has 0 fully saturated rings. The first kappa shape index (κ1) is 21.7. The van der Waals surface area contributed by atoms with Crippen LogP contribution in [0, 0.1) is 5.82 Å². The number of carbonyl (C=O) groups is 1. The summed E-state index contributed by atoms with van der Waals surface area (Å²) in [6, 6.07) is 15.9. The van der Waals surface area contributed by atoms with Crippen LogP contribution in [-0.4, -0.2) is 20.4 Å². The predicted molar refractivity (Wildman–Crippen MR) is 113 cm³/mol. The Morgan fingerprint density at radius 3 is 2.37 bits per heavy atom. The molecule has 8 heteroatoms. The number of rotatable bonds is 8. The normalized spacial score (nSPS) is 11.6. The van der Waals surface area contributed by atoms with Gasteiger partial charge in [-0.05, 0) is 49.2 Å². The third kappa shape index (κ3) is 5.55. The van der Waals surface area contributed by atoms with Crippen LogP contribution in [0.4, 0.5) is 4.39 Å². The van der Waals surface area contributed by atoms with Gasteiger partial charge in [0.05, 0.1) is 11.3 Å². The van der Waals surface area contributed by atoms with Gasteiger partial charge in [-0.2, -0.15) is 0 Å². The lowest BCUT2D eigenvalue weighted by Gasteiger charge is -2.13. The highest BCUT2D eigenvalue weighted by Crippen LogP contribution is 2.24. The number of nitrogens with one attached hydrogen (secondary N) is 2. The number of furan rings is 1. The van der Waals surface area contributed by atoms with Gasteiger partial charge in [0.15, 0.2) is 5.76 Å². The number of benzene rings is 2. The second-order valence-corrected chi connectivity index (χ2v) is 8.88. The Hall–Kier alpha value is -2.97. The highest BCUT2D eigenvalue weighted by atomic mass is 32.2. The van der Waals surface area contributed by atoms with E-state index in [1.165, 1.54) is 18.2 Å². The minimum absolute atomic E-state index is 0.0415. The van der Waals surface area contributed by atoms with Gasteiger partial charge in [0.2, 0.25) is 10.0 Å². The van der Waals surface area contributed by atoms with Crippen LogP contribution >= 0.6 is 0 Å². The van der Waals surface area contributed by atoms with E-state index in [1.807, 2.05) is 0 Å². The van der Waals surface area contributed by atoms with Crippen molar-refractivity contribution in [1.29, 1.82) is 0 Å². The third-order valence-electron chi connectivity index (χ3n) is 4.29. The molecule has 30 heavy (non-hydrogen) atoms. The zero-order valence-electron chi connectivity index (χ0n) is 16.7. The maximum absolute atomic E-state index is 13.9. The average Bonchev–Trinajstić information content (AvgIpc) is 3.16. The van der Waals surface area contributed by atoms with Crippen LogP contribution in [0.5, 0.6) is 0 Å². The van der Waals surface area contributed by atoms with Crippen molar-refractivity contribution in [3.05, 3.63) is 83.4 Å². The Labute approximate surface area is 175 Å². The summed E-state index contributed by atoms with van der Waals surface area (Å²) >= 11 is 0. The van der Waals surface area contributed by atoms with Crippen molar-refractivity contribution in [2.24, 2.45) is 0 Å². The molecule has 1 amide bonds. The molecule has 6 nitrogen and oxygen atoms in total. The Morgan fingerprint density at radius 1 is 1.00 bits per heavy atom. The zero-order chi connectivity index (χ0) is 21.7. The fourth-order valence-electron chi connectivity index (χ4n) is 3.00. The quantitative estimate of drug-likeness (QED) is 0.568. The maximum atomic E-state index is 13.9. The van der Waals surface area contributed by atoms with Gasteiger partial charge in [0.25, 0.3) is 5.91 Å². The molecular formula is C22H23FN2O4S. The molecule has 0 saturated carbocycles. The first-order valence-corrected chi connectivity index (χ1v) is 11.1. The molecule has 0 unspecified atom stereocenters. The molecule has 158 valence electrons. The van der Waals surface area contributed by atoms with Crippen LogP contribution in [0.1, 0.15) is 35.5 Å². The van der Waals surface area contributed by atoms with Crippen LogP contribution < -0.4 is 10.0 Å². The molecule has 1 heterocycles. The van der Waals surface area contributed by atoms with Gasteiger partial charge in [-0.1, -0.05) is 36.4 Å². The highest BCUT2D eigenvalue weighted by molar-refractivity contribution is 7.88. The Bertz CT molecular complexity index is 1140. The predicted octanol–water partition coefficient (Wildman–Crippen LogP) is 3.84. The van der Waals surface area contributed by atoms with E-state index in [0.29, 0.717) is 11.1 Å². The van der Waals surface area contributed by atoms with Gasteiger partial charge in [-0.3, -0.25) is 4.79 Å². The van der Waals surface area contributed by atoms with E-state index in [-0.39, 0.29) is 35.4 Å². The summed E-state index contributed by atoms with van der Waals surface area (Å²) in [4.78, 5) is 12.5. The molecule has 1 aromatic heterocycles. The molecule has 2 N–H and O–H groups in total. The lowest BCUT2D eigenvalue weighted by atomic mass is 10.1. The van der Waals surface area contributed by atoms with Crippen molar-refractivity contribution < 1.29 is 22.0 Å². The average molecular weight is 431 g/mol. The van der Waals surface area contributed by atoms with Crippen LogP contribution in [-0.2, 0) is 22.3 Å². The van der Waals surface area contributed by atoms with Gasteiger partial charge in [0, 0.05) is 12.6 Å². The number of amides is 1. The fraction of sp³-hybridized carbons (Fsp3) is 0.227. The highest BCUT2D eigenvalue weighted by Gasteiger charge is 2.17. The first-order chi connectivity index (χ1) is 14.2. The van der Waals surface area contributed by atoms with Crippen LogP contribution in [0.3, 0.4) is 0 Å². The minimum atomic E-state index is -3.50. The monoisotopic (exact) mass is 430 g/mol. The molecule has 0 saturated heterocycles. The van der Waals surface area contributed by atoms with E-state index in [2.05, 4.69) is 10.0 Å². The number of hydrogen-bond acceptors (Lipinski definition) is 4. The maximum Gasteiger partial charge on any atom is 0.287 e. The smallest absolute Gasteiger partial charge is 0.287 e. The van der Waals surface area contributed by atoms with Crippen molar-refractivity contribution in [3.63, 3.8) is 0 Å². The van der Waals surface area contributed by atoms with Gasteiger partial charge in [-0.25, -0.2) is 17.5 Å². The molecule has 0 aliphatic heterocycles. The lowest BCUT2D eigenvalue weighted by Crippen LogP contribution is -2.31. The topological polar surface area (TPSA) is 88.4 Å². The number of sulfonamides is 1. The third-order valence-corrected chi connectivity index (χ3v) is 5.81. The summed E-state index contributed by atoms with van der Waals surface area (Å²) in [5, 5.41) is 2.72. The van der Waals surface area contributed by atoms with E-state index < -0.39 is 21.7 Å². The van der Waals surface area contributed by atoms with Crippen molar-refractivity contribution >= 4 is 15.9 Å². The molecule has 0 aliphatic rings. The Balaban J connectivity index is 1.70. The molecule has 3 rings (SSSR count). The summed E-state index contributed by atoms with van der Waals surface area (Å²) in [6.45, 7) is 3.63. The standard InChI is InChI=1S/C22H23FN2O4S/c1-15(2)25-30(27,28)14-17-8-4-3-7-16(17)13-24-22(26)21-12-11-20(29-21)18-9-5-6-10-19(18)23/h3-12,15,25H,13-14H2,1-2H3,(H,24,26). The van der Waals surface area contributed by atoms with E-state index >= 15 is 0 Å². The van der Waals surface area contributed by atoms with Gasteiger partial charge < -0.3 is 9.73 Å². The molecule has 0 aliphatic carbocycles. The molecule has 2 aromatic carbocycles. The summed E-state index contributed by atoms with van der Waals surface area (Å²) < 4.78 is 46.4. The van der Waals surface area contributed by atoms with Crippen molar-refractivity contribution in [2.75, 3.05) is 0 Å². The second-order valence-electron chi connectivity index (χ2n) is 7.13. The molecule has 3 aromatic rings. The molecule has 0 radical (unpaired) electrons.